The van der Waals surface area contributed by atoms with E-state index in [-0.39, 0.29) is 0 Å². The Morgan fingerprint density at radius 3 is 2.12 bits per heavy atom. The maximum atomic E-state index is 12.5. The third-order valence-corrected chi connectivity index (χ3v) is 6.43. The molecule has 1 N–H and O–H groups in total. The molecular weight excluding hydrogens is 332 g/mol. The molecule has 2 aromatic rings. The fourth-order valence-corrected chi connectivity index (χ4v) is 4.45. The van der Waals surface area contributed by atoms with Crippen LogP contribution in [0.25, 0.3) is 6.08 Å². The highest BCUT2D eigenvalue weighted by Gasteiger charge is 2.30. The fraction of sp³-hybridized carbons (Fsp3) is 0.300. The molecule has 0 aliphatic carbocycles. The van der Waals surface area contributed by atoms with Crippen LogP contribution in [0.5, 0.6) is 0 Å². The van der Waals surface area contributed by atoms with Crippen molar-refractivity contribution in [3.63, 3.8) is 0 Å². The number of nitrogens with zero attached hydrogens (tertiary/aromatic N) is 1. The number of nitrogens with one attached hydrogen (secondary N) is 1. The molecule has 0 unspecified atom stereocenters. The first-order chi connectivity index (χ1) is 12.1. The van der Waals surface area contributed by atoms with E-state index in [4.69, 9.17) is 0 Å². The number of piperazine rings is 1. The van der Waals surface area contributed by atoms with Gasteiger partial charge in [-0.05, 0) is 18.6 Å². The third kappa shape index (κ3) is 4.57. The van der Waals surface area contributed by atoms with Gasteiger partial charge in [-0.25, -0.2) is 8.42 Å². The van der Waals surface area contributed by atoms with Gasteiger partial charge in [-0.3, -0.25) is 0 Å². The van der Waals surface area contributed by atoms with E-state index in [1.54, 1.807) is 10.4 Å². The van der Waals surface area contributed by atoms with Crippen molar-refractivity contribution in [2.45, 2.75) is 13.0 Å². The maximum Gasteiger partial charge on any atom is 0.236 e. The van der Waals surface area contributed by atoms with Gasteiger partial charge in [0.15, 0.2) is 0 Å². The van der Waals surface area contributed by atoms with E-state index in [1.807, 2.05) is 36.4 Å². The van der Waals surface area contributed by atoms with Crippen LogP contribution >= 0.6 is 0 Å². The van der Waals surface area contributed by atoms with Crippen LogP contribution in [0, 0.1) is 0 Å². The molecule has 5 heteroatoms. The van der Waals surface area contributed by atoms with E-state index < -0.39 is 10.0 Å². The predicted molar refractivity (Wildman–Crippen MR) is 102 cm³/mol. The monoisotopic (exact) mass is 357 g/mol. The largest absolute Gasteiger partial charge is 0.327 e. The van der Waals surface area contributed by atoms with Crippen LogP contribution in [0.4, 0.5) is 0 Å². The van der Waals surface area contributed by atoms with Gasteiger partial charge in [-0.1, -0.05) is 60.7 Å². The molecule has 0 spiro atoms. The lowest BCUT2D eigenvalue weighted by Crippen LogP contribution is -3.14. The molecule has 1 aliphatic heterocycles. The molecule has 2 aromatic carbocycles. The van der Waals surface area contributed by atoms with Gasteiger partial charge in [0.1, 0.15) is 6.04 Å². The summed E-state index contributed by atoms with van der Waals surface area (Å²) in [7, 11) is -3.36. The molecule has 0 bridgehead atoms. The highest BCUT2D eigenvalue weighted by Crippen LogP contribution is 2.11. The lowest BCUT2D eigenvalue weighted by Gasteiger charge is -2.34. The van der Waals surface area contributed by atoms with Crippen molar-refractivity contribution in [1.29, 1.82) is 0 Å². The van der Waals surface area contributed by atoms with E-state index in [2.05, 4.69) is 31.2 Å². The standard InChI is InChI=1S/C20H24N2O2S/c1-18(20-10-6-3-7-11-20)21-13-15-22(16-14-21)25(23,24)17-12-19-8-4-2-5-9-19/h2-12,17-18H,13-16H2,1H3/p+1/b17-12+/t18-/m0/s1. The molecule has 1 aliphatic rings. The van der Waals surface area contributed by atoms with Crippen molar-refractivity contribution in [3.8, 4) is 0 Å². The van der Waals surface area contributed by atoms with Gasteiger partial charge in [0.25, 0.3) is 0 Å². The summed E-state index contributed by atoms with van der Waals surface area (Å²) in [6.45, 7) is 5.00. The van der Waals surface area contributed by atoms with Gasteiger partial charge in [0, 0.05) is 11.0 Å². The fourth-order valence-electron chi connectivity index (χ4n) is 3.25. The topological polar surface area (TPSA) is 41.8 Å². The zero-order chi connectivity index (χ0) is 17.7. The van der Waals surface area contributed by atoms with Gasteiger partial charge < -0.3 is 4.90 Å². The van der Waals surface area contributed by atoms with Crippen molar-refractivity contribution >= 4 is 16.1 Å². The summed E-state index contributed by atoms with van der Waals surface area (Å²) in [6.07, 6.45) is 1.67. The number of hydrogen-bond donors (Lipinski definition) is 1. The van der Waals surface area contributed by atoms with Crippen LogP contribution in [0.15, 0.2) is 66.1 Å². The summed E-state index contributed by atoms with van der Waals surface area (Å²) in [5, 5.41) is 1.33. The van der Waals surface area contributed by atoms with E-state index in [1.165, 1.54) is 15.9 Å². The molecule has 0 radical (unpaired) electrons. The Hall–Kier alpha value is -1.95. The van der Waals surface area contributed by atoms with Crippen LogP contribution in [0.3, 0.4) is 0 Å². The zero-order valence-corrected chi connectivity index (χ0v) is 15.3. The highest BCUT2D eigenvalue weighted by atomic mass is 32.2. The quantitative estimate of drug-likeness (QED) is 0.889. The van der Waals surface area contributed by atoms with Crippen molar-refractivity contribution in [2.75, 3.05) is 26.2 Å². The predicted octanol–water partition coefficient (Wildman–Crippen LogP) is 1.95. The van der Waals surface area contributed by atoms with E-state index in [9.17, 15) is 8.42 Å². The van der Waals surface area contributed by atoms with Crippen LogP contribution in [-0.2, 0) is 10.0 Å². The average Bonchev–Trinajstić information content (AvgIpc) is 2.67. The Kier molecular flexibility index (Phi) is 5.68. The highest BCUT2D eigenvalue weighted by molar-refractivity contribution is 7.92. The molecule has 3 rings (SSSR count). The second-order valence-corrected chi connectivity index (χ2v) is 8.27. The van der Waals surface area contributed by atoms with Crippen LogP contribution < -0.4 is 4.90 Å². The first-order valence-corrected chi connectivity index (χ1v) is 10.2. The number of rotatable bonds is 5. The molecule has 4 nitrogen and oxygen atoms in total. The summed E-state index contributed by atoms with van der Waals surface area (Å²) in [6, 6.07) is 20.3. The summed E-state index contributed by atoms with van der Waals surface area (Å²) < 4.78 is 26.7. The van der Waals surface area contributed by atoms with Crippen molar-refractivity contribution < 1.29 is 13.3 Å². The van der Waals surface area contributed by atoms with Crippen LogP contribution in [0.1, 0.15) is 24.1 Å². The van der Waals surface area contributed by atoms with Gasteiger partial charge in [-0.15, -0.1) is 0 Å². The first-order valence-electron chi connectivity index (χ1n) is 8.69. The summed E-state index contributed by atoms with van der Waals surface area (Å²) in [5.74, 6) is 0. The molecule has 0 saturated carbocycles. The summed E-state index contributed by atoms with van der Waals surface area (Å²) in [5.41, 5.74) is 2.20. The zero-order valence-electron chi connectivity index (χ0n) is 14.5. The van der Waals surface area contributed by atoms with Gasteiger partial charge >= 0.3 is 0 Å². The first kappa shape index (κ1) is 17.9. The molecule has 0 aromatic heterocycles. The number of quaternary nitrogens is 1. The number of hydrogen-bond acceptors (Lipinski definition) is 2. The van der Waals surface area contributed by atoms with E-state index in [0.717, 1.165) is 18.7 Å². The van der Waals surface area contributed by atoms with E-state index in [0.29, 0.717) is 19.1 Å². The van der Waals surface area contributed by atoms with Crippen molar-refractivity contribution in [2.24, 2.45) is 0 Å². The lowest BCUT2D eigenvalue weighted by molar-refractivity contribution is -0.933. The minimum Gasteiger partial charge on any atom is -0.327 e. The molecule has 1 saturated heterocycles. The van der Waals surface area contributed by atoms with Crippen molar-refractivity contribution in [1.82, 2.24) is 4.31 Å². The molecule has 25 heavy (non-hydrogen) atoms. The second kappa shape index (κ2) is 7.95. The van der Waals surface area contributed by atoms with E-state index >= 15 is 0 Å². The van der Waals surface area contributed by atoms with Crippen molar-refractivity contribution in [3.05, 3.63) is 77.2 Å². The summed E-state index contributed by atoms with van der Waals surface area (Å²) in [4.78, 5) is 1.43. The molecule has 1 heterocycles. The third-order valence-electron chi connectivity index (χ3n) is 4.87. The average molecular weight is 357 g/mol. The smallest absolute Gasteiger partial charge is 0.236 e. The SMILES string of the molecule is C[C@@H](c1ccccc1)[NH+]1CCN(S(=O)(=O)/C=C/c2ccccc2)CC1. The minimum atomic E-state index is -3.36. The molecule has 132 valence electrons. The normalized spacial score (nSPS) is 18.4. The van der Waals surface area contributed by atoms with Gasteiger partial charge in [0.2, 0.25) is 10.0 Å². The lowest BCUT2D eigenvalue weighted by atomic mass is 10.1. The molecule has 0 amide bonds. The summed E-state index contributed by atoms with van der Waals surface area (Å²) >= 11 is 0. The minimum absolute atomic E-state index is 0.380. The molecular formula is C20H25N2O2S+. The Morgan fingerprint density at radius 2 is 1.52 bits per heavy atom. The number of benzene rings is 2. The Bertz CT molecular complexity index is 796. The maximum absolute atomic E-state index is 12.5. The van der Waals surface area contributed by atoms with Gasteiger partial charge in [0.05, 0.1) is 26.2 Å². The molecule has 1 fully saturated rings. The van der Waals surface area contributed by atoms with Crippen LogP contribution in [0.2, 0.25) is 0 Å². The van der Waals surface area contributed by atoms with Gasteiger partial charge in [-0.2, -0.15) is 4.31 Å². The Balaban J connectivity index is 1.60. The number of sulfonamides is 1. The Labute approximate surface area is 150 Å². The Morgan fingerprint density at radius 1 is 0.960 bits per heavy atom. The second-order valence-electron chi connectivity index (χ2n) is 6.45. The van der Waals surface area contributed by atoms with Crippen LogP contribution in [-0.4, -0.2) is 38.9 Å². The molecule has 1 atom stereocenters.